The zero-order valence-corrected chi connectivity index (χ0v) is 13.9. The minimum Gasteiger partial charge on any atom is -0.497 e. The molecule has 0 atom stereocenters. The van der Waals surface area contributed by atoms with Gasteiger partial charge in [0, 0.05) is 16.2 Å². The van der Waals surface area contributed by atoms with Gasteiger partial charge in [-0.05, 0) is 30.3 Å². The number of thiazole rings is 1. The van der Waals surface area contributed by atoms with Crippen LogP contribution in [0, 0.1) is 0 Å². The van der Waals surface area contributed by atoms with E-state index in [1.165, 1.54) is 0 Å². The van der Waals surface area contributed by atoms with Gasteiger partial charge < -0.3 is 14.8 Å². The normalized spacial score (nSPS) is 10.6. The molecule has 6 heteroatoms. The van der Waals surface area contributed by atoms with Gasteiger partial charge in [-0.3, -0.25) is 0 Å². The number of methoxy groups -OCH3 is 2. The van der Waals surface area contributed by atoms with Crippen LogP contribution in [0.2, 0.25) is 0 Å². The Morgan fingerprint density at radius 2 is 1.86 bits per heavy atom. The highest BCUT2D eigenvalue weighted by atomic mass is 79.9. The summed E-state index contributed by atoms with van der Waals surface area (Å²) in [4.78, 5) is 4.56. The summed E-state index contributed by atoms with van der Waals surface area (Å²) in [6, 6.07) is 11.7. The van der Waals surface area contributed by atoms with Crippen LogP contribution in [0.3, 0.4) is 0 Å². The van der Waals surface area contributed by atoms with Crippen molar-refractivity contribution in [2.24, 2.45) is 0 Å². The highest BCUT2D eigenvalue weighted by molar-refractivity contribution is 9.10. The van der Waals surface area contributed by atoms with Gasteiger partial charge in [0.2, 0.25) is 0 Å². The monoisotopic (exact) mass is 364 g/mol. The van der Waals surface area contributed by atoms with Gasteiger partial charge in [-0.2, -0.15) is 0 Å². The minimum absolute atomic E-state index is 0.787. The molecule has 0 aliphatic carbocycles. The fourth-order valence-electron chi connectivity index (χ4n) is 1.96. The highest BCUT2D eigenvalue weighted by Gasteiger charge is 2.07. The van der Waals surface area contributed by atoms with Crippen molar-refractivity contribution in [3.8, 4) is 11.5 Å². The number of hydrogen-bond acceptors (Lipinski definition) is 5. The largest absolute Gasteiger partial charge is 0.497 e. The molecule has 108 valence electrons. The molecular weight excluding hydrogens is 352 g/mol. The zero-order chi connectivity index (χ0) is 14.8. The van der Waals surface area contributed by atoms with Crippen molar-refractivity contribution in [1.82, 2.24) is 4.98 Å². The molecule has 3 rings (SSSR count). The van der Waals surface area contributed by atoms with Crippen LogP contribution in [0.25, 0.3) is 10.2 Å². The van der Waals surface area contributed by atoms with E-state index < -0.39 is 0 Å². The molecule has 0 aliphatic rings. The van der Waals surface area contributed by atoms with Gasteiger partial charge in [0.15, 0.2) is 5.13 Å². The van der Waals surface area contributed by atoms with E-state index in [0.29, 0.717) is 0 Å². The van der Waals surface area contributed by atoms with Crippen molar-refractivity contribution >= 4 is 48.3 Å². The molecule has 4 nitrogen and oxygen atoms in total. The molecule has 0 amide bonds. The van der Waals surface area contributed by atoms with Crippen LogP contribution in [0.4, 0.5) is 10.8 Å². The summed E-state index contributed by atoms with van der Waals surface area (Å²) < 4.78 is 12.5. The summed E-state index contributed by atoms with van der Waals surface area (Å²) in [6.45, 7) is 0. The second-order valence-corrected chi connectivity index (χ2v) is 6.30. The Morgan fingerprint density at radius 3 is 2.62 bits per heavy atom. The SMILES string of the molecule is COc1cc(Br)cc(Nc2nc3ccc(OC)cc3s2)c1. The molecule has 0 saturated heterocycles. The van der Waals surface area contributed by atoms with Crippen LogP contribution in [0.15, 0.2) is 40.9 Å². The third-order valence-corrected chi connectivity index (χ3v) is 4.35. The number of aromatic nitrogens is 1. The number of fused-ring (bicyclic) bond motifs is 1. The number of hydrogen-bond donors (Lipinski definition) is 1. The molecular formula is C15H13BrN2O2S. The summed E-state index contributed by atoms with van der Waals surface area (Å²) in [5.41, 5.74) is 1.87. The summed E-state index contributed by atoms with van der Waals surface area (Å²) in [5, 5.41) is 4.13. The second kappa shape index (κ2) is 5.91. The van der Waals surface area contributed by atoms with Crippen LogP contribution in [0.1, 0.15) is 0 Å². The number of nitrogens with zero attached hydrogens (tertiary/aromatic N) is 1. The quantitative estimate of drug-likeness (QED) is 0.720. The fraction of sp³-hybridized carbons (Fsp3) is 0.133. The van der Waals surface area contributed by atoms with Crippen molar-refractivity contribution < 1.29 is 9.47 Å². The Hall–Kier alpha value is -1.79. The Labute approximate surface area is 134 Å². The van der Waals surface area contributed by atoms with Gasteiger partial charge in [-0.15, -0.1) is 0 Å². The Kier molecular flexibility index (Phi) is 3.98. The lowest BCUT2D eigenvalue weighted by Gasteiger charge is -2.06. The average Bonchev–Trinajstić information content (AvgIpc) is 2.87. The third kappa shape index (κ3) is 3.11. The Morgan fingerprint density at radius 1 is 1.05 bits per heavy atom. The maximum Gasteiger partial charge on any atom is 0.188 e. The summed E-state index contributed by atoms with van der Waals surface area (Å²) in [6.07, 6.45) is 0. The first-order valence-corrected chi connectivity index (χ1v) is 7.85. The first kappa shape index (κ1) is 14.2. The van der Waals surface area contributed by atoms with Crippen LogP contribution in [-0.4, -0.2) is 19.2 Å². The van der Waals surface area contributed by atoms with Crippen molar-refractivity contribution in [1.29, 1.82) is 0 Å². The number of nitrogens with one attached hydrogen (secondary N) is 1. The number of ether oxygens (including phenoxy) is 2. The Bertz CT molecular complexity index is 788. The molecule has 21 heavy (non-hydrogen) atoms. The van der Waals surface area contributed by atoms with Crippen LogP contribution < -0.4 is 14.8 Å². The molecule has 0 aliphatic heterocycles. The van der Waals surface area contributed by atoms with Gasteiger partial charge in [0.25, 0.3) is 0 Å². The lowest BCUT2D eigenvalue weighted by atomic mass is 10.3. The fourth-order valence-corrected chi connectivity index (χ4v) is 3.35. The predicted octanol–water partition coefficient (Wildman–Crippen LogP) is 4.82. The van der Waals surface area contributed by atoms with E-state index in [9.17, 15) is 0 Å². The standard InChI is InChI=1S/C15H13BrN2O2S/c1-19-11-3-4-13-14(8-11)21-15(18-13)17-10-5-9(16)6-12(7-10)20-2/h3-8H,1-2H3,(H,17,18). The summed E-state index contributed by atoms with van der Waals surface area (Å²) in [7, 11) is 3.31. The first-order chi connectivity index (χ1) is 10.2. The smallest absolute Gasteiger partial charge is 0.188 e. The van der Waals surface area contributed by atoms with Gasteiger partial charge in [-0.1, -0.05) is 27.3 Å². The lowest BCUT2D eigenvalue weighted by molar-refractivity contribution is 0.414. The Balaban J connectivity index is 1.92. The molecule has 0 saturated carbocycles. The minimum atomic E-state index is 0.787. The van der Waals surface area contributed by atoms with Gasteiger partial charge in [0.05, 0.1) is 24.4 Å². The van der Waals surface area contributed by atoms with Crippen molar-refractivity contribution in [2.75, 3.05) is 19.5 Å². The van der Waals surface area contributed by atoms with Crippen molar-refractivity contribution in [3.05, 3.63) is 40.9 Å². The first-order valence-electron chi connectivity index (χ1n) is 6.24. The zero-order valence-electron chi connectivity index (χ0n) is 11.5. The third-order valence-electron chi connectivity index (χ3n) is 2.95. The van der Waals surface area contributed by atoms with Gasteiger partial charge in [-0.25, -0.2) is 4.98 Å². The topological polar surface area (TPSA) is 43.4 Å². The van der Waals surface area contributed by atoms with E-state index in [-0.39, 0.29) is 0 Å². The maximum atomic E-state index is 5.26. The number of benzene rings is 2. The number of rotatable bonds is 4. The van der Waals surface area contributed by atoms with Crippen LogP contribution >= 0.6 is 27.3 Å². The van der Waals surface area contributed by atoms with Crippen molar-refractivity contribution in [2.45, 2.75) is 0 Å². The van der Waals surface area contributed by atoms with Crippen LogP contribution in [-0.2, 0) is 0 Å². The molecule has 0 unspecified atom stereocenters. The molecule has 2 aromatic carbocycles. The molecule has 0 fully saturated rings. The van der Waals surface area contributed by atoms with Gasteiger partial charge in [0.1, 0.15) is 11.5 Å². The van der Waals surface area contributed by atoms with E-state index in [0.717, 1.165) is 37.0 Å². The molecule has 1 heterocycles. The molecule has 3 aromatic rings. The summed E-state index contributed by atoms with van der Waals surface area (Å²) in [5.74, 6) is 1.62. The van der Waals surface area contributed by atoms with Crippen molar-refractivity contribution in [3.63, 3.8) is 0 Å². The summed E-state index contributed by atoms with van der Waals surface area (Å²) >= 11 is 5.05. The maximum absolute atomic E-state index is 5.26. The average molecular weight is 365 g/mol. The van der Waals surface area contributed by atoms with E-state index >= 15 is 0 Å². The molecule has 1 N–H and O–H groups in total. The highest BCUT2D eigenvalue weighted by Crippen LogP contribution is 2.32. The van der Waals surface area contributed by atoms with Crippen LogP contribution in [0.5, 0.6) is 11.5 Å². The van der Waals surface area contributed by atoms with E-state index in [4.69, 9.17) is 9.47 Å². The second-order valence-electron chi connectivity index (χ2n) is 4.36. The number of anilines is 2. The van der Waals surface area contributed by atoms with E-state index in [1.54, 1.807) is 25.6 Å². The molecule has 0 bridgehead atoms. The predicted molar refractivity (Wildman–Crippen MR) is 90.1 cm³/mol. The molecule has 0 radical (unpaired) electrons. The van der Waals surface area contributed by atoms with Gasteiger partial charge >= 0.3 is 0 Å². The lowest BCUT2D eigenvalue weighted by Crippen LogP contribution is -1.91. The van der Waals surface area contributed by atoms with E-state index in [1.807, 2.05) is 36.4 Å². The number of halogens is 1. The van der Waals surface area contributed by atoms with E-state index in [2.05, 4.69) is 26.2 Å². The molecule has 0 spiro atoms. The molecule has 1 aromatic heterocycles.